The van der Waals surface area contributed by atoms with Crippen molar-refractivity contribution in [2.45, 2.75) is 142 Å². The maximum absolute atomic E-state index is 13.2. The van der Waals surface area contributed by atoms with E-state index in [1.165, 1.54) is 96.3 Å². The normalized spacial score (nSPS) is 13.8. The molecule has 0 radical (unpaired) electrons. The lowest BCUT2D eigenvalue weighted by atomic mass is 10.0. The highest BCUT2D eigenvalue weighted by molar-refractivity contribution is 7.53. The molecule has 2 atom stereocenters. The molecular weight excluding hydrogens is 593 g/mol. The summed E-state index contributed by atoms with van der Waals surface area (Å²) in [6, 6.07) is 0. The molecule has 1 unspecified atom stereocenters. The SMILES string of the molecule is CCOP(=O)(C[C@@H](O)CNCc1c[nH]c2c(=O)[nH]c(N)nc12)OCCCCCCCCCCCCCCCCCCCCCO. The lowest BCUT2D eigenvalue weighted by Gasteiger charge is -2.21. The lowest BCUT2D eigenvalue weighted by molar-refractivity contribution is 0.162. The fraction of sp³-hybridized carbons (Fsp3) is 0.818. The highest BCUT2D eigenvalue weighted by Crippen LogP contribution is 2.48. The highest BCUT2D eigenvalue weighted by Gasteiger charge is 2.28. The number of anilines is 1. The van der Waals surface area contributed by atoms with Crippen LogP contribution < -0.4 is 16.6 Å². The van der Waals surface area contributed by atoms with Gasteiger partial charge in [0.2, 0.25) is 5.95 Å². The minimum Gasteiger partial charge on any atom is -0.396 e. The van der Waals surface area contributed by atoms with Crippen LogP contribution in [0.5, 0.6) is 0 Å². The summed E-state index contributed by atoms with van der Waals surface area (Å²) in [5.41, 5.74) is 6.88. The van der Waals surface area contributed by atoms with E-state index >= 15 is 0 Å². The number of nitrogen functional groups attached to an aromatic ring is 1. The van der Waals surface area contributed by atoms with Gasteiger partial charge in [-0.05, 0) is 19.8 Å². The van der Waals surface area contributed by atoms with E-state index in [0.29, 0.717) is 30.8 Å². The Morgan fingerprint density at radius 1 is 0.867 bits per heavy atom. The molecule has 0 aliphatic carbocycles. The average Bonchev–Trinajstić information content (AvgIpc) is 3.41. The van der Waals surface area contributed by atoms with Crippen molar-refractivity contribution in [2.24, 2.45) is 0 Å². The molecule has 2 heterocycles. The van der Waals surface area contributed by atoms with Gasteiger partial charge in [-0.25, -0.2) is 4.98 Å². The molecule has 0 spiro atoms. The minimum absolute atomic E-state index is 0.0411. The first-order valence-electron chi connectivity index (χ1n) is 17.6. The Morgan fingerprint density at radius 3 is 1.89 bits per heavy atom. The zero-order valence-corrected chi connectivity index (χ0v) is 28.7. The molecule has 0 bridgehead atoms. The lowest BCUT2D eigenvalue weighted by Crippen LogP contribution is -2.29. The van der Waals surface area contributed by atoms with Crippen molar-refractivity contribution >= 4 is 24.6 Å². The number of hydrogen-bond acceptors (Lipinski definition) is 9. The highest BCUT2D eigenvalue weighted by atomic mass is 31.2. The number of nitrogens with two attached hydrogens (primary N) is 1. The Morgan fingerprint density at radius 2 is 1.38 bits per heavy atom. The van der Waals surface area contributed by atoms with Crippen LogP contribution in [0, 0.1) is 0 Å². The Bertz CT molecular complexity index is 1130. The molecule has 0 aromatic carbocycles. The molecule has 0 amide bonds. The monoisotopic (exact) mass is 655 g/mol. The van der Waals surface area contributed by atoms with Crippen LogP contribution in [0.4, 0.5) is 5.95 Å². The van der Waals surface area contributed by atoms with E-state index in [0.717, 1.165) is 31.2 Å². The molecule has 7 N–H and O–H groups in total. The van der Waals surface area contributed by atoms with Crippen LogP contribution in [0.25, 0.3) is 11.0 Å². The van der Waals surface area contributed by atoms with Crippen LogP contribution in [0.15, 0.2) is 11.0 Å². The van der Waals surface area contributed by atoms with Gasteiger partial charge in [-0.1, -0.05) is 109 Å². The van der Waals surface area contributed by atoms with E-state index in [1.807, 2.05) is 0 Å². The van der Waals surface area contributed by atoms with Crippen molar-refractivity contribution < 1.29 is 23.8 Å². The maximum Gasteiger partial charge on any atom is 0.333 e. The van der Waals surface area contributed by atoms with E-state index in [2.05, 4.69) is 20.3 Å². The van der Waals surface area contributed by atoms with Crippen molar-refractivity contribution in [3.05, 3.63) is 22.1 Å². The number of hydrogen-bond donors (Lipinski definition) is 6. The van der Waals surface area contributed by atoms with E-state index in [9.17, 15) is 14.5 Å². The van der Waals surface area contributed by atoms with Crippen molar-refractivity contribution in [3.8, 4) is 0 Å². The fourth-order valence-electron chi connectivity index (χ4n) is 5.68. The Labute approximate surface area is 270 Å². The fourth-order valence-corrected chi connectivity index (χ4v) is 7.41. The third kappa shape index (κ3) is 17.7. The summed E-state index contributed by atoms with van der Waals surface area (Å²) in [4.78, 5) is 21.5. The summed E-state index contributed by atoms with van der Waals surface area (Å²) in [5, 5.41) is 22.4. The summed E-state index contributed by atoms with van der Waals surface area (Å²) in [5.74, 6) is 0.0411. The van der Waals surface area contributed by atoms with Gasteiger partial charge in [-0.15, -0.1) is 0 Å². The van der Waals surface area contributed by atoms with Gasteiger partial charge in [0.1, 0.15) is 11.0 Å². The number of aliphatic hydroxyl groups excluding tert-OH is 2. The smallest absolute Gasteiger partial charge is 0.333 e. The summed E-state index contributed by atoms with van der Waals surface area (Å²) >= 11 is 0. The van der Waals surface area contributed by atoms with Crippen LogP contribution in [-0.2, 0) is 20.2 Å². The van der Waals surface area contributed by atoms with Crippen LogP contribution in [0.2, 0.25) is 0 Å². The van der Waals surface area contributed by atoms with Crippen molar-refractivity contribution in [3.63, 3.8) is 0 Å². The molecule has 2 rings (SSSR count). The van der Waals surface area contributed by atoms with E-state index < -0.39 is 13.7 Å². The molecule has 2 aromatic heterocycles. The number of nitrogens with one attached hydrogen (secondary N) is 3. The van der Waals surface area contributed by atoms with E-state index in [-0.39, 0.29) is 30.8 Å². The number of aromatic nitrogens is 3. The summed E-state index contributed by atoms with van der Waals surface area (Å²) < 4.78 is 24.3. The van der Waals surface area contributed by atoms with Crippen molar-refractivity contribution in [1.82, 2.24) is 20.3 Å². The third-order valence-corrected chi connectivity index (χ3v) is 10.3. The number of rotatable bonds is 30. The second-order valence-electron chi connectivity index (χ2n) is 12.3. The number of fused-ring (bicyclic) bond motifs is 1. The Hall–Kier alpha value is -1.75. The van der Waals surface area contributed by atoms with Crippen LogP contribution in [0.3, 0.4) is 0 Å². The van der Waals surface area contributed by atoms with Gasteiger partial charge in [0.25, 0.3) is 5.56 Å². The summed E-state index contributed by atoms with van der Waals surface area (Å²) in [6.45, 7) is 3.25. The quantitative estimate of drug-likeness (QED) is 0.0385. The van der Waals surface area contributed by atoms with Gasteiger partial charge < -0.3 is 35.3 Å². The Kier molecular flexibility index (Phi) is 21.4. The predicted molar refractivity (Wildman–Crippen MR) is 184 cm³/mol. The number of aliphatic hydroxyl groups is 2. The first kappa shape index (κ1) is 39.4. The summed E-state index contributed by atoms with van der Waals surface area (Å²) in [7, 11) is -3.40. The van der Waals surface area contributed by atoms with Crippen molar-refractivity contribution in [2.75, 3.05) is 38.3 Å². The first-order valence-corrected chi connectivity index (χ1v) is 19.3. The first-order chi connectivity index (χ1) is 21.9. The molecule has 0 aliphatic rings. The van der Waals surface area contributed by atoms with Crippen molar-refractivity contribution in [1.29, 1.82) is 0 Å². The zero-order chi connectivity index (χ0) is 32.6. The predicted octanol–water partition coefficient (Wildman–Crippen LogP) is 6.93. The molecule has 0 fully saturated rings. The number of unbranched alkanes of at least 4 members (excludes halogenated alkanes) is 18. The molecule has 0 saturated heterocycles. The Balaban J connectivity index is 1.44. The van der Waals surface area contributed by atoms with Crippen LogP contribution in [0.1, 0.15) is 134 Å². The number of H-pyrrole nitrogens is 2. The van der Waals surface area contributed by atoms with Gasteiger partial charge >= 0.3 is 7.60 Å². The second kappa shape index (κ2) is 24.4. The van der Waals surface area contributed by atoms with Gasteiger partial charge in [-0.3, -0.25) is 14.3 Å². The summed E-state index contributed by atoms with van der Waals surface area (Å²) in [6.07, 6.45) is 24.5. The molecule has 260 valence electrons. The largest absolute Gasteiger partial charge is 0.396 e. The van der Waals surface area contributed by atoms with Gasteiger partial charge in [-0.2, -0.15) is 0 Å². The van der Waals surface area contributed by atoms with E-state index in [1.54, 1.807) is 13.1 Å². The van der Waals surface area contributed by atoms with Gasteiger partial charge in [0, 0.05) is 31.5 Å². The topological polar surface area (TPSA) is 176 Å². The molecule has 0 saturated carbocycles. The number of nitrogens with zero attached hydrogens (tertiary/aromatic N) is 1. The molecule has 45 heavy (non-hydrogen) atoms. The minimum atomic E-state index is -3.40. The van der Waals surface area contributed by atoms with Crippen LogP contribution >= 0.6 is 7.60 Å². The third-order valence-electron chi connectivity index (χ3n) is 8.18. The van der Waals surface area contributed by atoms with Crippen LogP contribution in [-0.4, -0.2) is 63.8 Å². The van der Waals surface area contributed by atoms with Gasteiger partial charge in [0.15, 0.2) is 0 Å². The van der Waals surface area contributed by atoms with E-state index in [4.69, 9.17) is 19.9 Å². The molecule has 12 heteroatoms. The van der Waals surface area contributed by atoms with Gasteiger partial charge in [0.05, 0.1) is 25.5 Å². The standard InChI is InChI=1S/C33H62N5O6P/c1-2-43-45(42,27-29(40)26-35-24-28-25-36-31-30(28)37-33(34)38-32(31)41)44-23-21-19-17-15-13-11-9-7-5-3-4-6-8-10-12-14-16-18-20-22-39/h25,29,35-36,39-40H,2-24,26-27H2,1H3,(H3,34,37,38,41)/t29-,45?/m0/s1. The second-order valence-corrected chi connectivity index (χ2v) is 14.4. The molecule has 0 aliphatic heterocycles. The molecule has 11 nitrogen and oxygen atoms in total. The number of aromatic amines is 2. The molecule has 2 aromatic rings. The molecular formula is C33H62N5O6P. The zero-order valence-electron chi connectivity index (χ0n) is 27.8. The average molecular weight is 656 g/mol. The maximum atomic E-state index is 13.2.